The van der Waals surface area contributed by atoms with Crippen LogP contribution >= 0.6 is 0 Å². The van der Waals surface area contributed by atoms with Crippen LogP contribution in [0.15, 0.2) is 24.3 Å². The van der Waals surface area contributed by atoms with Gasteiger partial charge in [0, 0.05) is 0 Å². The number of benzene rings is 1. The van der Waals surface area contributed by atoms with E-state index >= 15 is 0 Å². The highest BCUT2D eigenvalue weighted by molar-refractivity contribution is 5.91. The van der Waals surface area contributed by atoms with Gasteiger partial charge in [-0.3, -0.25) is 0 Å². The summed E-state index contributed by atoms with van der Waals surface area (Å²) in [4.78, 5) is 12.0. The van der Waals surface area contributed by atoms with Crippen molar-refractivity contribution in [2.75, 3.05) is 26.8 Å². The molecule has 0 spiro atoms. The van der Waals surface area contributed by atoms with Gasteiger partial charge in [0.05, 0.1) is 18.3 Å². The first kappa shape index (κ1) is 15.7. The largest absolute Gasteiger partial charge is 0.460 e. The molecule has 0 aliphatic rings. The number of rotatable bonds is 8. The minimum absolute atomic E-state index is 0.154. The van der Waals surface area contributed by atoms with Gasteiger partial charge in [-0.2, -0.15) is 0 Å². The highest BCUT2D eigenvalue weighted by atomic mass is 16.6. The molecule has 1 N–H and O–H groups in total. The summed E-state index contributed by atoms with van der Waals surface area (Å²) < 4.78 is 10.6. The monoisotopic (exact) mass is 265 g/mol. The lowest BCUT2D eigenvalue weighted by atomic mass is 10.0. The summed E-state index contributed by atoms with van der Waals surface area (Å²) in [5.41, 5.74) is 1.65. The van der Waals surface area contributed by atoms with Crippen LogP contribution in [0.3, 0.4) is 0 Å². The molecule has 1 rings (SSSR count). The molecule has 4 heteroatoms. The van der Waals surface area contributed by atoms with Gasteiger partial charge in [0.1, 0.15) is 6.61 Å². The van der Waals surface area contributed by atoms with E-state index in [2.05, 4.69) is 5.32 Å². The van der Waals surface area contributed by atoms with Gasteiger partial charge < -0.3 is 14.8 Å². The molecule has 0 saturated carbocycles. The lowest BCUT2D eigenvalue weighted by Crippen LogP contribution is -2.16. The fourth-order valence-corrected chi connectivity index (χ4v) is 1.69. The summed E-state index contributed by atoms with van der Waals surface area (Å²) in [6.45, 7) is 5.46. The third-order valence-corrected chi connectivity index (χ3v) is 2.65. The molecule has 0 bridgehead atoms. The predicted octanol–water partition coefficient (Wildman–Crippen LogP) is 2.03. The maximum Gasteiger partial charge on any atom is 0.338 e. The number of hydrogen-bond donors (Lipinski definition) is 1. The number of ether oxygens (including phenoxy) is 2. The Morgan fingerprint density at radius 1 is 1.26 bits per heavy atom. The first-order valence-electron chi connectivity index (χ1n) is 6.66. The van der Waals surface area contributed by atoms with Crippen molar-refractivity contribution >= 4 is 5.97 Å². The second-order valence-electron chi connectivity index (χ2n) is 4.57. The molecule has 1 aromatic carbocycles. The highest BCUT2D eigenvalue weighted by Gasteiger charge is 2.11. The van der Waals surface area contributed by atoms with E-state index in [1.54, 1.807) is 6.07 Å². The van der Waals surface area contributed by atoms with Crippen LogP contribution in [0.2, 0.25) is 0 Å². The minimum atomic E-state index is -0.279. The Hall–Kier alpha value is -1.39. The molecule has 0 heterocycles. The van der Waals surface area contributed by atoms with Crippen molar-refractivity contribution in [1.29, 1.82) is 0 Å². The fourth-order valence-electron chi connectivity index (χ4n) is 1.69. The summed E-state index contributed by atoms with van der Waals surface area (Å²) >= 11 is 0. The molecule has 0 atom stereocenters. The summed E-state index contributed by atoms with van der Waals surface area (Å²) in [5, 5.41) is 3.07. The minimum Gasteiger partial charge on any atom is -0.460 e. The molecule has 0 aliphatic heterocycles. The van der Waals surface area contributed by atoms with Gasteiger partial charge in [0.15, 0.2) is 0 Å². The second-order valence-corrected chi connectivity index (χ2v) is 4.57. The molecule has 19 heavy (non-hydrogen) atoms. The zero-order chi connectivity index (χ0) is 14.1. The maximum atomic E-state index is 12.0. The van der Waals surface area contributed by atoms with Crippen molar-refractivity contribution in [2.45, 2.75) is 26.4 Å². The van der Waals surface area contributed by atoms with Crippen LogP contribution in [0.5, 0.6) is 0 Å². The Kier molecular flexibility index (Phi) is 7.15. The Morgan fingerprint density at radius 3 is 2.68 bits per heavy atom. The number of carbonyl (C=O) groups is 1. The van der Waals surface area contributed by atoms with Crippen LogP contribution in [0.1, 0.15) is 29.8 Å². The van der Waals surface area contributed by atoms with Crippen molar-refractivity contribution in [2.24, 2.45) is 0 Å². The number of nitrogens with one attached hydrogen (secondary N) is 1. The molecule has 4 nitrogen and oxygen atoms in total. The molecular weight excluding hydrogens is 242 g/mol. The van der Waals surface area contributed by atoms with E-state index in [-0.39, 0.29) is 18.7 Å². The van der Waals surface area contributed by atoms with Gasteiger partial charge in [-0.25, -0.2) is 4.79 Å². The number of esters is 1. The van der Waals surface area contributed by atoms with Gasteiger partial charge in [0.2, 0.25) is 0 Å². The molecular formula is C15H23NO3. The maximum absolute atomic E-state index is 12.0. The van der Waals surface area contributed by atoms with Crippen LogP contribution in [0, 0.1) is 0 Å². The van der Waals surface area contributed by atoms with Crippen LogP contribution < -0.4 is 5.32 Å². The molecule has 106 valence electrons. The van der Waals surface area contributed by atoms with E-state index in [9.17, 15) is 4.79 Å². The van der Waals surface area contributed by atoms with Crippen LogP contribution in [-0.2, 0) is 15.9 Å². The van der Waals surface area contributed by atoms with Crippen molar-refractivity contribution in [1.82, 2.24) is 5.32 Å². The average Bonchev–Trinajstić information content (AvgIpc) is 2.41. The van der Waals surface area contributed by atoms with Gasteiger partial charge in [-0.05, 0) is 45.5 Å². The van der Waals surface area contributed by atoms with Crippen molar-refractivity contribution in [3.63, 3.8) is 0 Å². The molecule has 1 aromatic rings. The van der Waals surface area contributed by atoms with Gasteiger partial charge >= 0.3 is 5.97 Å². The Labute approximate surface area is 115 Å². The van der Waals surface area contributed by atoms with Crippen LogP contribution in [-0.4, -0.2) is 38.9 Å². The average molecular weight is 265 g/mol. The van der Waals surface area contributed by atoms with Gasteiger partial charge in [0.25, 0.3) is 0 Å². The van der Waals surface area contributed by atoms with E-state index in [4.69, 9.17) is 9.47 Å². The third kappa shape index (κ3) is 5.85. The SMILES string of the molecule is CNCCc1ccccc1C(=O)OCCOC(C)C. The molecule has 0 saturated heterocycles. The highest BCUT2D eigenvalue weighted by Crippen LogP contribution is 2.10. The van der Waals surface area contributed by atoms with E-state index in [0.29, 0.717) is 12.2 Å². The summed E-state index contributed by atoms with van der Waals surface area (Å²) in [7, 11) is 1.89. The van der Waals surface area contributed by atoms with Crippen LogP contribution in [0.25, 0.3) is 0 Å². The van der Waals surface area contributed by atoms with E-state index < -0.39 is 0 Å². The summed E-state index contributed by atoms with van der Waals surface area (Å²) in [6.07, 6.45) is 0.964. The van der Waals surface area contributed by atoms with Crippen molar-refractivity contribution in [3.8, 4) is 0 Å². The number of hydrogen-bond acceptors (Lipinski definition) is 4. The quantitative estimate of drug-likeness (QED) is 0.577. The molecule has 0 radical (unpaired) electrons. The Balaban J connectivity index is 2.51. The standard InChI is InChI=1S/C15H23NO3/c1-12(2)18-10-11-19-15(17)14-7-5-4-6-13(14)8-9-16-3/h4-7,12,16H,8-11H2,1-3H3. The molecule has 0 amide bonds. The van der Waals surface area contributed by atoms with E-state index in [0.717, 1.165) is 18.5 Å². The topological polar surface area (TPSA) is 47.6 Å². The van der Waals surface area contributed by atoms with Crippen LogP contribution in [0.4, 0.5) is 0 Å². The predicted molar refractivity (Wildman–Crippen MR) is 75.4 cm³/mol. The lowest BCUT2D eigenvalue weighted by Gasteiger charge is -2.11. The number of likely N-dealkylation sites (N-methyl/N-ethyl adjacent to an activating group) is 1. The zero-order valence-corrected chi connectivity index (χ0v) is 11.9. The molecule has 0 unspecified atom stereocenters. The molecule has 0 aliphatic carbocycles. The summed E-state index contributed by atoms with van der Waals surface area (Å²) in [6, 6.07) is 7.54. The Morgan fingerprint density at radius 2 is 2.00 bits per heavy atom. The second kappa shape index (κ2) is 8.67. The lowest BCUT2D eigenvalue weighted by molar-refractivity contribution is 0.0176. The van der Waals surface area contributed by atoms with Crippen molar-refractivity contribution < 1.29 is 14.3 Å². The molecule has 0 fully saturated rings. The van der Waals surface area contributed by atoms with E-state index in [1.807, 2.05) is 39.1 Å². The zero-order valence-electron chi connectivity index (χ0n) is 11.9. The number of carbonyl (C=O) groups excluding carboxylic acids is 1. The molecule has 0 aromatic heterocycles. The smallest absolute Gasteiger partial charge is 0.338 e. The summed E-state index contributed by atoms with van der Waals surface area (Å²) in [5.74, 6) is -0.279. The third-order valence-electron chi connectivity index (χ3n) is 2.65. The fraction of sp³-hybridized carbons (Fsp3) is 0.533. The first-order valence-corrected chi connectivity index (χ1v) is 6.66. The van der Waals surface area contributed by atoms with Gasteiger partial charge in [-0.1, -0.05) is 18.2 Å². The Bertz CT molecular complexity index is 391. The van der Waals surface area contributed by atoms with Crippen molar-refractivity contribution in [3.05, 3.63) is 35.4 Å². The van der Waals surface area contributed by atoms with E-state index in [1.165, 1.54) is 0 Å². The van der Waals surface area contributed by atoms with Gasteiger partial charge in [-0.15, -0.1) is 0 Å². The first-order chi connectivity index (χ1) is 9.15. The normalized spacial score (nSPS) is 10.7.